The number of nitrogens with one attached hydrogen (secondary N) is 1. The number of hydrogen-bond donors (Lipinski definition) is 1. The Labute approximate surface area is 162 Å². The van der Waals surface area contributed by atoms with Crippen LogP contribution in [0.5, 0.6) is 0 Å². The summed E-state index contributed by atoms with van der Waals surface area (Å²) < 4.78 is 46.8. The van der Waals surface area contributed by atoms with Crippen LogP contribution in [-0.2, 0) is 16.4 Å². The van der Waals surface area contributed by atoms with Crippen LogP contribution in [0, 0.1) is 19.7 Å². The van der Waals surface area contributed by atoms with Gasteiger partial charge in [-0.2, -0.15) is 0 Å². The number of anilines is 1. The molecular formula is C20H18FN3O3S. The van der Waals surface area contributed by atoms with Crippen LogP contribution in [0.2, 0.25) is 0 Å². The summed E-state index contributed by atoms with van der Waals surface area (Å²) in [5.41, 5.74) is 3.79. The van der Waals surface area contributed by atoms with Crippen LogP contribution in [0.15, 0.2) is 56.9 Å². The molecule has 28 heavy (non-hydrogen) atoms. The Morgan fingerprint density at radius 1 is 1.14 bits per heavy atom. The van der Waals surface area contributed by atoms with Crippen molar-refractivity contribution in [1.82, 2.24) is 5.16 Å². The number of benzene rings is 2. The van der Waals surface area contributed by atoms with Crippen molar-refractivity contribution in [3.05, 3.63) is 76.4 Å². The van der Waals surface area contributed by atoms with Gasteiger partial charge < -0.3 is 4.52 Å². The lowest BCUT2D eigenvalue weighted by Crippen LogP contribution is -2.16. The first-order chi connectivity index (χ1) is 13.3. The Hall–Kier alpha value is -3.00. The summed E-state index contributed by atoms with van der Waals surface area (Å²) in [5.74, 6) is -0.106. The zero-order valence-electron chi connectivity index (χ0n) is 15.4. The van der Waals surface area contributed by atoms with Crippen molar-refractivity contribution >= 4 is 21.4 Å². The highest BCUT2D eigenvalue weighted by molar-refractivity contribution is 7.92. The second-order valence-electron chi connectivity index (χ2n) is 6.62. The number of aryl methyl sites for hydroxylation is 2. The molecule has 1 aliphatic heterocycles. The normalized spacial score (nSPS) is 13.8. The Morgan fingerprint density at radius 3 is 2.71 bits per heavy atom. The first-order valence-corrected chi connectivity index (χ1v) is 10.2. The van der Waals surface area contributed by atoms with E-state index in [4.69, 9.17) is 4.52 Å². The fourth-order valence-electron chi connectivity index (χ4n) is 3.40. The van der Waals surface area contributed by atoms with Gasteiger partial charge in [0.15, 0.2) is 10.7 Å². The Kier molecular flexibility index (Phi) is 4.50. The average molecular weight is 399 g/mol. The highest BCUT2D eigenvalue weighted by Crippen LogP contribution is 2.26. The quantitative estimate of drug-likeness (QED) is 0.726. The summed E-state index contributed by atoms with van der Waals surface area (Å²) in [5, 5.41) is 3.70. The molecule has 0 spiro atoms. The number of halogens is 1. The van der Waals surface area contributed by atoms with E-state index in [1.54, 1.807) is 38.1 Å². The van der Waals surface area contributed by atoms with Crippen LogP contribution in [0.1, 0.15) is 28.1 Å². The lowest BCUT2D eigenvalue weighted by atomic mass is 9.93. The minimum Gasteiger partial charge on any atom is -0.360 e. The SMILES string of the molecule is Cc1noc(C)c1S(=O)(=O)Nc1cccc(C2=NCCc3ccc(F)cc32)c1. The first-order valence-electron chi connectivity index (χ1n) is 8.74. The zero-order valence-corrected chi connectivity index (χ0v) is 16.2. The van der Waals surface area contributed by atoms with Gasteiger partial charge in [0, 0.05) is 23.4 Å². The molecular weight excluding hydrogens is 381 g/mol. The molecule has 0 radical (unpaired) electrons. The first kappa shape index (κ1) is 18.4. The van der Waals surface area contributed by atoms with Crippen molar-refractivity contribution in [2.24, 2.45) is 4.99 Å². The molecule has 4 rings (SSSR count). The van der Waals surface area contributed by atoms with Gasteiger partial charge in [-0.1, -0.05) is 23.4 Å². The minimum absolute atomic E-state index is 0.0281. The Bertz CT molecular complexity index is 1180. The van der Waals surface area contributed by atoms with E-state index in [-0.39, 0.29) is 16.5 Å². The fourth-order valence-corrected chi connectivity index (χ4v) is 4.78. The summed E-state index contributed by atoms with van der Waals surface area (Å²) in [6.45, 7) is 3.72. The van der Waals surface area contributed by atoms with E-state index in [1.165, 1.54) is 12.1 Å². The fraction of sp³-hybridized carbons (Fsp3) is 0.200. The zero-order chi connectivity index (χ0) is 19.9. The standard InChI is InChI=1S/C20H18FN3O3S/c1-12-20(13(2)27-23-12)28(25,26)24-17-5-3-4-15(10-17)19-18-11-16(21)7-6-14(18)8-9-22-19/h3-7,10-11,24H,8-9H2,1-2H3. The van der Waals surface area contributed by atoms with Gasteiger partial charge in [-0.3, -0.25) is 9.71 Å². The van der Waals surface area contributed by atoms with Gasteiger partial charge in [-0.05, 0) is 50.1 Å². The van der Waals surface area contributed by atoms with Crippen LogP contribution in [0.25, 0.3) is 0 Å². The summed E-state index contributed by atoms with van der Waals surface area (Å²) in [7, 11) is -3.85. The van der Waals surface area contributed by atoms with Crippen molar-refractivity contribution in [3.63, 3.8) is 0 Å². The largest absolute Gasteiger partial charge is 0.360 e. The number of rotatable bonds is 4. The molecule has 144 valence electrons. The van der Waals surface area contributed by atoms with Gasteiger partial charge in [0.1, 0.15) is 11.5 Å². The molecule has 0 bridgehead atoms. The molecule has 1 aromatic heterocycles. The van der Waals surface area contributed by atoms with E-state index in [0.29, 0.717) is 29.2 Å². The number of hydrogen-bond acceptors (Lipinski definition) is 5. The minimum atomic E-state index is -3.85. The number of aromatic nitrogens is 1. The molecule has 1 N–H and O–H groups in total. The topological polar surface area (TPSA) is 84.6 Å². The van der Waals surface area contributed by atoms with E-state index >= 15 is 0 Å². The third-order valence-electron chi connectivity index (χ3n) is 4.60. The molecule has 0 saturated heterocycles. The Balaban J connectivity index is 1.70. The number of aliphatic imine (C=N–C) groups is 1. The van der Waals surface area contributed by atoms with Crippen LogP contribution in [0.3, 0.4) is 0 Å². The molecule has 0 unspecified atom stereocenters. The molecule has 8 heteroatoms. The third kappa shape index (κ3) is 3.31. The van der Waals surface area contributed by atoms with E-state index < -0.39 is 10.0 Å². The van der Waals surface area contributed by atoms with Gasteiger partial charge in [0.2, 0.25) is 0 Å². The second-order valence-corrected chi connectivity index (χ2v) is 8.24. The van der Waals surface area contributed by atoms with Crippen LogP contribution < -0.4 is 4.72 Å². The van der Waals surface area contributed by atoms with Crippen molar-refractivity contribution < 1.29 is 17.3 Å². The van der Waals surface area contributed by atoms with E-state index in [1.807, 2.05) is 6.07 Å². The van der Waals surface area contributed by atoms with Crippen molar-refractivity contribution in [2.45, 2.75) is 25.2 Å². The summed E-state index contributed by atoms with van der Waals surface area (Å²) in [6, 6.07) is 11.6. The molecule has 0 fully saturated rings. The molecule has 6 nitrogen and oxygen atoms in total. The molecule has 0 aliphatic carbocycles. The van der Waals surface area contributed by atoms with Gasteiger partial charge in [0.25, 0.3) is 10.0 Å². The maximum atomic E-state index is 13.8. The van der Waals surface area contributed by atoms with Gasteiger partial charge in [-0.25, -0.2) is 12.8 Å². The highest BCUT2D eigenvalue weighted by Gasteiger charge is 2.24. The van der Waals surface area contributed by atoms with Crippen molar-refractivity contribution in [2.75, 3.05) is 11.3 Å². The molecule has 0 saturated carbocycles. The smallest absolute Gasteiger partial charge is 0.267 e. The maximum Gasteiger partial charge on any atom is 0.267 e. The maximum absolute atomic E-state index is 13.8. The second kappa shape index (κ2) is 6.87. The van der Waals surface area contributed by atoms with E-state index in [9.17, 15) is 12.8 Å². The monoisotopic (exact) mass is 399 g/mol. The van der Waals surface area contributed by atoms with E-state index in [0.717, 1.165) is 17.5 Å². The van der Waals surface area contributed by atoms with E-state index in [2.05, 4.69) is 14.9 Å². The van der Waals surface area contributed by atoms with Crippen LogP contribution >= 0.6 is 0 Å². The predicted octanol–water partition coefficient (Wildman–Crippen LogP) is 3.62. The molecule has 2 aromatic carbocycles. The van der Waals surface area contributed by atoms with Crippen molar-refractivity contribution in [3.8, 4) is 0 Å². The molecule has 1 aliphatic rings. The molecule has 0 amide bonds. The lowest BCUT2D eigenvalue weighted by molar-refractivity contribution is 0.390. The van der Waals surface area contributed by atoms with Gasteiger partial charge >= 0.3 is 0 Å². The van der Waals surface area contributed by atoms with Gasteiger partial charge in [0.05, 0.1) is 5.71 Å². The number of sulfonamides is 1. The number of fused-ring (bicyclic) bond motifs is 1. The summed E-state index contributed by atoms with van der Waals surface area (Å²) >= 11 is 0. The number of nitrogens with zero attached hydrogens (tertiary/aromatic N) is 2. The summed E-state index contributed by atoms with van der Waals surface area (Å²) in [6.07, 6.45) is 0.747. The average Bonchev–Trinajstić information content (AvgIpc) is 3.00. The predicted molar refractivity (Wildman–Crippen MR) is 104 cm³/mol. The van der Waals surface area contributed by atoms with Gasteiger partial charge in [-0.15, -0.1) is 0 Å². The highest BCUT2D eigenvalue weighted by atomic mass is 32.2. The molecule has 3 aromatic rings. The van der Waals surface area contributed by atoms with Crippen molar-refractivity contribution in [1.29, 1.82) is 0 Å². The molecule has 0 atom stereocenters. The van der Waals surface area contributed by atoms with Crippen LogP contribution in [-0.4, -0.2) is 25.8 Å². The Morgan fingerprint density at radius 2 is 1.96 bits per heavy atom. The van der Waals surface area contributed by atoms with Crippen LogP contribution in [0.4, 0.5) is 10.1 Å². The summed E-state index contributed by atoms with van der Waals surface area (Å²) in [4.78, 5) is 4.57. The molecule has 2 heterocycles. The lowest BCUT2D eigenvalue weighted by Gasteiger charge is -2.18. The third-order valence-corrected chi connectivity index (χ3v) is 6.23.